The highest BCUT2D eigenvalue weighted by atomic mass is 32.2. The average Bonchev–Trinajstić information content (AvgIpc) is 3.29. The first-order valence-electron chi connectivity index (χ1n) is 8.66. The summed E-state index contributed by atoms with van der Waals surface area (Å²) in [7, 11) is 0. The quantitative estimate of drug-likeness (QED) is 0.426. The summed E-state index contributed by atoms with van der Waals surface area (Å²) < 4.78 is 19.8. The maximum atomic E-state index is 13.9. The number of hydrogen-bond acceptors (Lipinski definition) is 6. The molecular formula is C21H13FN2O4S2. The lowest BCUT2D eigenvalue weighted by molar-refractivity contribution is -0.121. The van der Waals surface area contributed by atoms with Crippen molar-refractivity contribution in [1.29, 1.82) is 0 Å². The molecule has 0 spiro atoms. The van der Waals surface area contributed by atoms with Crippen molar-refractivity contribution in [2.45, 2.75) is 0 Å². The van der Waals surface area contributed by atoms with Gasteiger partial charge in [0.25, 0.3) is 5.91 Å². The maximum absolute atomic E-state index is 13.9. The summed E-state index contributed by atoms with van der Waals surface area (Å²) in [5.74, 6) is -1.29. The zero-order chi connectivity index (χ0) is 21.3. The molecule has 2 heterocycles. The topological polar surface area (TPSA) is 82.8 Å². The lowest BCUT2D eigenvalue weighted by Gasteiger charge is -2.18. The second-order valence-electron chi connectivity index (χ2n) is 6.16. The van der Waals surface area contributed by atoms with Crippen LogP contribution in [0.1, 0.15) is 16.1 Å². The minimum absolute atomic E-state index is 0.0103. The standard InChI is InChI=1S/C21H13FN2O4S2/c22-15-7-3-1-5-13(15)17-10-9-12(28-17)11-18-19(25)24(21(29)30-18)23-16-8-4-2-6-14(16)20(26)27/h1-11,23H,(H,26,27). The van der Waals surface area contributed by atoms with E-state index in [2.05, 4.69) is 5.43 Å². The van der Waals surface area contributed by atoms with Crippen LogP contribution in [0.3, 0.4) is 0 Å². The number of thioether (sulfide) groups is 1. The molecule has 1 fully saturated rings. The number of benzene rings is 2. The molecule has 2 N–H and O–H groups in total. The summed E-state index contributed by atoms with van der Waals surface area (Å²) in [5, 5.41) is 10.4. The van der Waals surface area contributed by atoms with Crippen molar-refractivity contribution in [3.8, 4) is 11.3 Å². The first kappa shape index (κ1) is 19.9. The van der Waals surface area contributed by atoms with Gasteiger partial charge in [-0.2, -0.15) is 0 Å². The third-order valence-electron chi connectivity index (χ3n) is 4.22. The van der Waals surface area contributed by atoms with Gasteiger partial charge in [0.2, 0.25) is 0 Å². The summed E-state index contributed by atoms with van der Waals surface area (Å²) in [6.45, 7) is 0. The zero-order valence-electron chi connectivity index (χ0n) is 15.2. The van der Waals surface area contributed by atoms with Crippen LogP contribution in [0, 0.1) is 5.82 Å². The van der Waals surface area contributed by atoms with E-state index in [1.54, 1.807) is 48.5 Å². The van der Waals surface area contributed by atoms with E-state index < -0.39 is 17.7 Å². The number of rotatable bonds is 5. The molecule has 0 radical (unpaired) electrons. The van der Waals surface area contributed by atoms with Crippen molar-refractivity contribution in [3.63, 3.8) is 0 Å². The van der Waals surface area contributed by atoms with Crippen molar-refractivity contribution in [2.75, 3.05) is 5.43 Å². The molecule has 1 aliphatic rings. The average molecular weight is 440 g/mol. The number of carboxylic acids is 1. The van der Waals surface area contributed by atoms with Crippen LogP contribution in [0.5, 0.6) is 0 Å². The van der Waals surface area contributed by atoms with E-state index in [4.69, 9.17) is 16.6 Å². The predicted octanol–water partition coefficient (Wildman–Crippen LogP) is 5.01. The molecule has 0 unspecified atom stereocenters. The number of carbonyl (C=O) groups is 2. The Bertz CT molecular complexity index is 1200. The molecule has 0 aliphatic carbocycles. The van der Waals surface area contributed by atoms with E-state index in [0.717, 1.165) is 16.8 Å². The summed E-state index contributed by atoms with van der Waals surface area (Å²) in [6.07, 6.45) is 1.51. The Kier molecular flexibility index (Phi) is 5.39. The van der Waals surface area contributed by atoms with Crippen LogP contribution < -0.4 is 5.43 Å². The van der Waals surface area contributed by atoms with Gasteiger partial charge in [-0.3, -0.25) is 10.2 Å². The number of amides is 1. The number of carbonyl (C=O) groups excluding carboxylic acids is 1. The predicted molar refractivity (Wildman–Crippen MR) is 116 cm³/mol. The highest BCUT2D eigenvalue weighted by Crippen LogP contribution is 2.34. The third-order valence-corrected chi connectivity index (χ3v) is 5.53. The van der Waals surface area contributed by atoms with Crippen LogP contribution in [-0.4, -0.2) is 26.3 Å². The number of hydrazine groups is 1. The molecule has 6 nitrogen and oxygen atoms in total. The highest BCUT2D eigenvalue weighted by Gasteiger charge is 2.33. The lowest BCUT2D eigenvalue weighted by atomic mass is 10.1. The number of para-hydroxylation sites is 1. The minimum atomic E-state index is -1.13. The van der Waals surface area contributed by atoms with Crippen LogP contribution >= 0.6 is 24.0 Å². The van der Waals surface area contributed by atoms with Gasteiger partial charge in [-0.25, -0.2) is 14.2 Å². The van der Waals surface area contributed by atoms with Gasteiger partial charge in [0.05, 0.1) is 21.7 Å². The van der Waals surface area contributed by atoms with Crippen LogP contribution in [0.2, 0.25) is 0 Å². The molecule has 1 amide bonds. The van der Waals surface area contributed by atoms with Crippen LogP contribution in [0.15, 0.2) is 70.0 Å². The van der Waals surface area contributed by atoms with E-state index in [-0.39, 0.29) is 20.5 Å². The second-order valence-corrected chi connectivity index (χ2v) is 7.84. The largest absolute Gasteiger partial charge is 0.478 e. The summed E-state index contributed by atoms with van der Waals surface area (Å²) in [4.78, 5) is 24.4. The van der Waals surface area contributed by atoms with Crippen molar-refractivity contribution in [1.82, 2.24) is 5.01 Å². The second kappa shape index (κ2) is 8.13. The van der Waals surface area contributed by atoms with E-state index in [1.165, 1.54) is 18.2 Å². The first-order valence-corrected chi connectivity index (χ1v) is 9.88. The van der Waals surface area contributed by atoms with Crippen molar-refractivity contribution < 1.29 is 23.5 Å². The third kappa shape index (κ3) is 3.85. The van der Waals surface area contributed by atoms with Gasteiger partial charge in [0.1, 0.15) is 17.3 Å². The van der Waals surface area contributed by atoms with Gasteiger partial charge in [0, 0.05) is 6.08 Å². The monoisotopic (exact) mass is 440 g/mol. The number of nitrogens with one attached hydrogen (secondary N) is 1. The molecule has 1 saturated heterocycles. The number of hydrogen-bond donors (Lipinski definition) is 2. The molecule has 9 heteroatoms. The first-order chi connectivity index (χ1) is 14.4. The molecule has 2 aromatic carbocycles. The molecule has 30 heavy (non-hydrogen) atoms. The Balaban J connectivity index is 1.57. The van der Waals surface area contributed by atoms with E-state index >= 15 is 0 Å². The number of aromatic carboxylic acids is 1. The van der Waals surface area contributed by atoms with Crippen LogP contribution in [0.25, 0.3) is 17.4 Å². The fraction of sp³-hybridized carbons (Fsp3) is 0. The van der Waals surface area contributed by atoms with Crippen molar-refractivity contribution in [2.24, 2.45) is 0 Å². The molecule has 3 aromatic rings. The number of halogens is 1. The Morgan fingerprint density at radius 1 is 1.13 bits per heavy atom. The normalized spacial score (nSPS) is 15.1. The molecule has 0 saturated carbocycles. The Hall–Kier alpha value is -3.43. The number of carboxylic acid groups (broad SMARTS) is 1. The maximum Gasteiger partial charge on any atom is 0.337 e. The van der Waals surface area contributed by atoms with Gasteiger partial charge in [-0.05, 0) is 48.6 Å². The number of nitrogens with zero attached hydrogens (tertiary/aromatic N) is 1. The zero-order valence-corrected chi connectivity index (χ0v) is 16.8. The molecule has 1 aromatic heterocycles. The van der Waals surface area contributed by atoms with Crippen molar-refractivity contribution in [3.05, 3.63) is 82.7 Å². The Labute approximate surface area is 180 Å². The Morgan fingerprint density at radius 2 is 1.87 bits per heavy atom. The van der Waals surface area contributed by atoms with Gasteiger partial charge in [-0.1, -0.05) is 36.0 Å². The highest BCUT2D eigenvalue weighted by molar-refractivity contribution is 8.26. The fourth-order valence-electron chi connectivity index (χ4n) is 2.82. The fourth-order valence-corrected chi connectivity index (χ4v) is 3.98. The SMILES string of the molecule is O=C(O)c1ccccc1NN1C(=O)C(=Cc2ccc(-c3ccccc3F)o2)SC1=S. The molecule has 150 valence electrons. The van der Waals surface area contributed by atoms with Crippen LogP contribution in [-0.2, 0) is 4.79 Å². The van der Waals surface area contributed by atoms with E-state index in [0.29, 0.717) is 17.1 Å². The molecule has 0 bridgehead atoms. The van der Waals surface area contributed by atoms with Gasteiger partial charge < -0.3 is 9.52 Å². The number of furan rings is 1. The van der Waals surface area contributed by atoms with E-state index in [1.807, 2.05) is 0 Å². The number of thiocarbonyl (C=S) groups is 1. The molecule has 1 aliphatic heterocycles. The molecule has 4 rings (SSSR count). The summed E-state index contributed by atoms with van der Waals surface area (Å²) in [6, 6.07) is 15.7. The minimum Gasteiger partial charge on any atom is -0.478 e. The van der Waals surface area contributed by atoms with Gasteiger partial charge in [-0.15, -0.1) is 0 Å². The van der Waals surface area contributed by atoms with Crippen LogP contribution in [0.4, 0.5) is 10.1 Å². The van der Waals surface area contributed by atoms with Gasteiger partial charge >= 0.3 is 5.97 Å². The van der Waals surface area contributed by atoms with Gasteiger partial charge in [0.15, 0.2) is 4.32 Å². The summed E-state index contributed by atoms with van der Waals surface area (Å²) in [5.41, 5.74) is 3.33. The smallest absolute Gasteiger partial charge is 0.337 e. The van der Waals surface area contributed by atoms with Crippen molar-refractivity contribution >= 4 is 51.9 Å². The summed E-state index contributed by atoms with van der Waals surface area (Å²) >= 11 is 6.30. The molecular weight excluding hydrogens is 427 g/mol. The van der Waals surface area contributed by atoms with E-state index in [9.17, 15) is 19.1 Å². The Morgan fingerprint density at radius 3 is 2.63 bits per heavy atom. The molecule has 0 atom stereocenters. The number of anilines is 1. The lowest BCUT2D eigenvalue weighted by Crippen LogP contribution is -2.34.